The van der Waals surface area contributed by atoms with Crippen molar-refractivity contribution in [3.8, 4) is 0 Å². The van der Waals surface area contributed by atoms with E-state index in [0.717, 1.165) is 0 Å². The number of carbonyl (C=O) groups excluding carboxylic acids is 1. The maximum atomic E-state index is 10.6. The van der Waals surface area contributed by atoms with Crippen LogP contribution in [0, 0.1) is 0 Å². The number of hydrogen-bond acceptors (Lipinski definition) is 2. The molecule has 2 heteroatoms. The number of carbonyl (C=O) groups is 1. The molecule has 0 aliphatic rings. The third-order valence-electron chi connectivity index (χ3n) is 0.695. The molecular formula is C6H12O2. The van der Waals surface area contributed by atoms with Crippen LogP contribution in [-0.4, -0.2) is 18.9 Å². The molecule has 8 heavy (non-hydrogen) atoms. The largest absolute Gasteiger partial charge is 0.396 e. The fraction of sp³-hybridized carbons (Fsp3) is 0.833. The summed E-state index contributed by atoms with van der Waals surface area (Å²) in [6, 6.07) is 0. The quantitative estimate of drug-likeness (QED) is 0.542. The summed E-state index contributed by atoms with van der Waals surface area (Å²) < 4.78 is 20.6. The number of rotatable bonds is 5. The fourth-order valence-electron chi connectivity index (χ4n) is 0.337. The first-order chi connectivity index (χ1) is 5.00. The normalized spacial score (nSPS) is 16.4. The van der Waals surface area contributed by atoms with Crippen LogP contribution < -0.4 is 0 Å². The van der Waals surface area contributed by atoms with Gasteiger partial charge in [0, 0.05) is 15.7 Å². The molecule has 0 saturated carbocycles. The lowest BCUT2D eigenvalue weighted by atomic mass is 10.2. The zero-order valence-electron chi connectivity index (χ0n) is 7.94. The minimum absolute atomic E-state index is 0.126. The molecule has 0 amide bonds. The van der Waals surface area contributed by atoms with E-state index in [1.165, 1.54) is 6.92 Å². The average Bonchev–Trinajstić information content (AvgIpc) is 1.88. The molecule has 0 aromatic heterocycles. The van der Waals surface area contributed by atoms with Gasteiger partial charge in [-0.3, -0.25) is 0 Å². The number of aliphatic hydroxyl groups excluding tert-OH is 1. The number of Topliss-reactive ketones (excluding diaryl/α,β-unsaturated/α-hetero) is 1. The van der Waals surface area contributed by atoms with Crippen molar-refractivity contribution in [1.82, 2.24) is 0 Å². The monoisotopic (exact) mass is 119 g/mol. The van der Waals surface area contributed by atoms with Crippen molar-refractivity contribution in [3.63, 3.8) is 0 Å². The van der Waals surface area contributed by atoms with E-state index in [9.17, 15) is 4.79 Å². The predicted octanol–water partition coefficient (Wildman–Crippen LogP) is 0.738. The Morgan fingerprint density at radius 3 is 3.12 bits per heavy atom. The second-order valence-electron chi connectivity index (χ2n) is 1.54. The molecule has 0 aliphatic carbocycles. The van der Waals surface area contributed by atoms with Crippen LogP contribution in [-0.2, 0) is 4.79 Å². The van der Waals surface area contributed by atoms with Crippen LogP contribution >= 0.6 is 0 Å². The smallest absolute Gasteiger partial charge is 0.210 e. The van der Waals surface area contributed by atoms with E-state index in [1.807, 2.05) is 0 Å². The SMILES string of the molecule is [2H]OCCCC([2H])([2H])C(C)=O. The molecule has 1 N–H and O–H groups in total. The molecule has 0 bridgehead atoms. The molecule has 0 radical (unpaired) electrons. The van der Waals surface area contributed by atoms with E-state index in [1.54, 1.807) is 0 Å². The minimum atomic E-state index is -1.75. The molecule has 0 aromatic carbocycles. The summed E-state index contributed by atoms with van der Waals surface area (Å²) in [7, 11) is 0. The van der Waals surface area contributed by atoms with E-state index < -0.39 is 12.2 Å². The standard InChI is InChI=1S/C6H12O2/c1-6(8)4-2-3-5-7/h7H,2-5H2,1H3/i4D2,7D. The van der Waals surface area contributed by atoms with E-state index in [4.69, 9.17) is 4.17 Å². The Hall–Kier alpha value is -0.370. The van der Waals surface area contributed by atoms with Crippen molar-refractivity contribution < 1.29 is 12.6 Å². The van der Waals surface area contributed by atoms with Crippen molar-refractivity contribution in [2.24, 2.45) is 0 Å². The third-order valence-corrected chi connectivity index (χ3v) is 0.695. The summed E-state index contributed by atoms with van der Waals surface area (Å²) in [6.45, 7) is 1.40. The summed E-state index contributed by atoms with van der Waals surface area (Å²) in [4.78, 5) is 10.6. The van der Waals surface area contributed by atoms with Crippen LogP contribution in [0.5, 0.6) is 0 Å². The van der Waals surface area contributed by atoms with Gasteiger partial charge in [0.15, 0.2) is 0 Å². The number of ketones is 1. The van der Waals surface area contributed by atoms with Crippen LogP contribution in [0.25, 0.3) is 0 Å². The molecular weight excluding hydrogens is 104 g/mol. The first-order valence-electron chi connectivity index (χ1n) is 4.00. The lowest BCUT2D eigenvalue weighted by Gasteiger charge is -1.90. The Morgan fingerprint density at radius 2 is 2.62 bits per heavy atom. The molecule has 0 heterocycles. The first kappa shape index (κ1) is 3.62. The van der Waals surface area contributed by atoms with Crippen molar-refractivity contribution in [3.05, 3.63) is 0 Å². The van der Waals surface area contributed by atoms with Crippen molar-refractivity contribution in [2.75, 3.05) is 6.61 Å². The summed E-state index contributed by atoms with van der Waals surface area (Å²) in [6.07, 6.45) is -1.23. The van der Waals surface area contributed by atoms with Crippen molar-refractivity contribution in [1.29, 1.82) is 1.43 Å². The second-order valence-corrected chi connectivity index (χ2v) is 1.54. The first-order valence-corrected chi connectivity index (χ1v) is 2.60. The summed E-state index contributed by atoms with van der Waals surface area (Å²) >= 11 is 0. The fourth-order valence-corrected chi connectivity index (χ4v) is 0.337. The predicted molar refractivity (Wildman–Crippen MR) is 31.6 cm³/mol. The lowest BCUT2D eigenvalue weighted by Crippen LogP contribution is -1.90. The maximum absolute atomic E-state index is 10.6. The molecule has 0 saturated heterocycles. The van der Waals surface area contributed by atoms with Gasteiger partial charge in [-0.25, -0.2) is 0 Å². The Bertz CT molecular complexity index is 136. The molecule has 0 spiro atoms. The molecule has 2 nitrogen and oxygen atoms in total. The van der Waals surface area contributed by atoms with Gasteiger partial charge in [0.05, 0.1) is 0 Å². The van der Waals surface area contributed by atoms with E-state index >= 15 is 0 Å². The highest BCUT2D eigenvalue weighted by Gasteiger charge is 1.90. The summed E-state index contributed by atoms with van der Waals surface area (Å²) in [5.41, 5.74) is 0. The Morgan fingerprint density at radius 1 is 1.88 bits per heavy atom. The summed E-state index contributed by atoms with van der Waals surface area (Å²) in [5, 5.41) is 3.99. The zero-order chi connectivity index (χ0) is 8.91. The number of hydrogen-bond donors (Lipinski definition) is 1. The Balaban J connectivity index is 3.64. The van der Waals surface area contributed by atoms with E-state index in [-0.39, 0.29) is 13.0 Å². The van der Waals surface area contributed by atoms with E-state index in [0.29, 0.717) is 6.42 Å². The Kier molecular flexibility index (Phi) is 2.16. The minimum Gasteiger partial charge on any atom is -0.396 e. The van der Waals surface area contributed by atoms with Gasteiger partial charge in [-0.05, 0) is 19.8 Å². The molecule has 48 valence electrons. The van der Waals surface area contributed by atoms with Gasteiger partial charge >= 0.3 is 0 Å². The van der Waals surface area contributed by atoms with Crippen LogP contribution in [0.15, 0.2) is 0 Å². The maximum Gasteiger partial charge on any atom is 0.210 e. The van der Waals surface area contributed by atoms with Crippen LogP contribution in [0.2, 0.25) is 0 Å². The highest BCUT2D eigenvalue weighted by atomic mass is 16.2. The van der Waals surface area contributed by atoms with Crippen molar-refractivity contribution >= 4 is 5.78 Å². The van der Waals surface area contributed by atoms with Gasteiger partial charge in [-0.2, -0.15) is 0 Å². The molecule has 0 unspecified atom stereocenters. The zero-order valence-corrected chi connectivity index (χ0v) is 4.94. The van der Waals surface area contributed by atoms with Crippen LogP contribution in [0.3, 0.4) is 0 Å². The topological polar surface area (TPSA) is 37.3 Å². The molecule has 0 rings (SSSR count). The summed E-state index contributed by atoms with van der Waals surface area (Å²) in [5.74, 6) is -0.470. The Labute approximate surface area is 53.8 Å². The van der Waals surface area contributed by atoms with E-state index in [2.05, 4.69) is 5.11 Å². The molecule has 0 atom stereocenters. The number of aliphatic hydroxyl groups is 1. The van der Waals surface area contributed by atoms with Gasteiger partial charge in [-0.1, -0.05) is 0 Å². The van der Waals surface area contributed by atoms with Crippen molar-refractivity contribution in [2.45, 2.75) is 26.1 Å². The molecule has 0 aromatic rings. The molecule has 0 aliphatic heterocycles. The van der Waals surface area contributed by atoms with Gasteiger partial charge in [0.25, 0.3) is 0 Å². The average molecular weight is 119 g/mol. The lowest BCUT2D eigenvalue weighted by molar-refractivity contribution is -0.117. The van der Waals surface area contributed by atoms with Gasteiger partial charge < -0.3 is 9.90 Å². The highest BCUT2D eigenvalue weighted by molar-refractivity contribution is 5.75. The highest BCUT2D eigenvalue weighted by Crippen LogP contribution is 1.93. The molecule has 0 fully saturated rings. The van der Waals surface area contributed by atoms with Gasteiger partial charge in [0.1, 0.15) is 5.78 Å². The van der Waals surface area contributed by atoms with Crippen LogP contribution in [0.4, 0.5) is 0 Å². The van der Waals surface area contributed by atoms with Crippen LogP contribution in [0.1, 0.15) is 28.9 Å². The second kappa shape index (κ2) is 4.78. The van der Waals surface area contributed by atoms with Gasteiger partial charge in [0.2, 0.25) is 1.43 Å². The third kappa shape index (κ3) is 5.63. The van der Waals surface area contributed by atoms with Gasteiger partial charge in [-0.15, -0.1) is 0 Å².